The third-order valence-electron chi connectivity index (χ3n) is 3.77. The molecule has 3 aromatic heterocycles. The molecule has 3 rings (SSSR count). The molecule has 1 amide bonds. The monoisotopic (exact) mass is 313 g/mol. The molecule has 3 aromatic rings. The fourth-order valence-corrected chi connectivity index (χ4v) is 2.65. The van der Waals surface area contributed by atoms with E-state index in [4.69, 9.17) is 4.74 Å². The molecular weight excluding hydrogens is 294 g/mol. The van der Waals surface area contributed by atoms with Crippen molar-refractivity contribution in [1.82, 2.24) is 25.1 Å². The molecule has 0 unspecified atom stereocenters. The summed E-state index contributed by atoms with van der Waals surface area (Å²) in [6, 6.07) is 3.83. The van der Waals surface area contributed by atoms with Crippen LogP contribution >= 0.6 is 0 Å². The van der Waals surface area contributed by atoms with Gasteiger partial charge in [-0.25, -0.2) is 4.98 Å². The molecule has 0 aliphatic rings. The Morgan fingerprint density at radius 2 is 2.22 bits per heavy atom. The fraction of sp³-hybridized carbons (Fsp3) is 0.312. The quantitative estimate of drug-likeness (QED) is 0.774. The summed E-state index contributed by atoms with van der Waals surface area (Å²) in [7, 11) is 3.20. The summed E-state index contributed by atoms with van der Waals surface area (Å²) < 4.78 is 7.27. The third-order valence-corrected chi connectivity index (χ3v) is 3.77. The number of aromatic nitrogens is 4. The first-order valence-electron chi connectivity index (χ1n) is 7.38. The summed E-state index contributed by atoms with van der Waals surface area (Å²) in [5.41, 5.74) is 2.99. The number of nitrogens with zero attached hydrogens (tertiary/aromatic N) is 3. The van der Waals surface area contributed by atoms with Crippen molar-refractivity contribution in [3.63, 3.8) is 0 Å². The van der Waals surface area contributed by atoms with Crippen LogP contribution in [0.3, 0.4) is 0 Å². The van der Waals surface area contributed by atoms with Crippen molar-refractivity contribution >= 4 is 16.8 Å². The number of hydrogen-bond donors (Lipinski definition) is 2. The second-order valence-corrected chi connectivity index (χ2v) is 5.51. The van der Waals surface area contributed by atoms with E-state index in [0.29, 0.717) is 11.6 Å². The normalized spacial score (nSPS) is 11.2. The van der Waals surface area contributed by atoms with Gasteiger partial charge in [0.2, 0.25) is 5.88 Å². The number of rotatable bonds is 4. The number of carbonyl (C=O) groups excluding carboxylic acids is 1. The molecule has 7 nitrogen and oxygen atoms in total. The van der Waals surface area contributed by atoms with E-state index >= 15 is 0 Å². The van der Waals surface area contributed by atoms with Crippen LogP contribution in [0.2, 0.25) is 0 Å². The molecule has 0 bridgehead atoms. The highest BCUT2D eigenvalue weighted by Gasteiger charge is 2.20. The second kappa shape index (κ2) is 5.75. The predicted octanol–water partition coefficient (Wildman–Crippen LogP) is 2.38. The highest BCUT2D eigenvalue weighted by Crippen LogP contribution is 2.33. The number of amides is 1. The van der Waals surface area contributed by atoms with Gasteiger partial charge >= 0.3 is 0 Å². The van der Waals surface area contributed by atoms with Gasteiger partial charge in [-0.3, -0.25) is 9.89 Å². The molecule has 0 aromatic carbocycles. The maximum atomic E-state index is 12.1. The lowest BCUT2D eigenvalue weighted by atomic mass is 10.1. The lowest BCUT2D eigenvalue weighted by Gasteiger charge is -2.11. The van der Waals surface area contributed by atoms with Crippen LogP contribution in [0.25, 0.3) is 22.2 Å². The number of ether oxygens (including phenoxy) is 1. The molecule has 0 atom stereocenters. The average molecular weight is 313 g/mol. The first-order valence-corrected chi connectivity index (χ1v) is 7.38. The first-order chi connectivity index (χ1) is 11.1. The second-order valence-electron chi connectivity index (χ2n) is 5.51. The van der Waals surface area contributed by atoms with Crippen molar-refractivity contribution in [2.24, 2.45) is 0 Å². The zero-order valence-corrected chi connectivity index (χ0v) is 13.5. The van der Waals surface area contributed by atoms with Crippen LogP contribution in [-0.2, 0) is 0 Å². The molecular formula is C16H19N5O2. The van der Waals surface area contributed by atoms with Crippen molar-refractivity contribution in [1.29, 1.82) is 0 Å². The number of hydrogen-bond acceptors (Lipinski definition) is 4. The lowest BCUT2D eigenvalue weighted by molar-refractivity contribution is 0.0952. The first kappa shape index (κ1) is 15.1. The summed E-state index contributed by atoms with van der Waals surface area (Å²) >= 11 is 0. The molecule has 2 N–H and O–H groups in total. The lowest BCUT2D eigenvalue weighted by Crippen LogP contribution is -2.22. The average Bonchev–Trinajstić information content (AvgIpc) is 3.17. The molecule has 0 radical (unpaired) electrons. The number of methoxy groups -OCH3 is 1. The minimum atomic E-state index is -0.130. The Balaban J connectivity index is 2.22. The number of nitrogens with one attached hydrogen (secondary N) is 2. The predicted molar refractivity (Wildman–Crippen MR) is 87.6 cm³/mol. The van der Waals surface area contributed by atoms with Gasteiger partial charge in [-0.1, -0.05) is 0 Å². The highest BCUT2D eigenvalue weighted by molar-refractivity contribution is 5.99. The van der Waals surface area contributed by atoms with Gasteiger partial charge in [0.1, 0.15) is 11.4 Å². The number of aromatic amines is 1. The number of fused-ring (bicyclic) bond motifs is 1. The zero-order valence-electron chi connectivity index (χ0n) is 13.5. The largest absolute Gasteiger partial charge is 0.480 e. The van der Waals surface area contributed by atoms with Gasteiger partial charge in [-0.15, -0.1) is 0 Å². The van der Waals surface area contributed by atoms with Gasteiger partial charge < -0.3 is 14.6 Å². The molecule has 0 saturated carbocycles. The van der Waals surface area contributed by atoms with E-state index in [1.54, 1.807) is 20.4 Å². The van der Waals surface area contributed by atoms with Crippen molar-refractivity contribution in [2.45, 2.75) is 19.9 Å². The molecule has 23 heavy (non-hydrogen) atoms. The third kappa shape index (κ3) is 2.44. The molecule has 120 valence electrons. The van der Waals surface area contributed by atoms with Gasteiger partial charge in [0, 0.05) is 31.0 Å². The van der Waals surface area contributed by atoms with E-state index in [9.17, 15) is 4.79 Å². The Morgan fingerprint density at radius 3 is 2.87 bits per heavy atom. The fourth-order valence-electron chi connectivity index (χ4n) is 2.65. The van der Waals surface area contributed by atoms with Crippen LogP contribution in [0.4, 0.5) is 0 Å². The van der Waals surface area contributed by atoms with E-state index in [-0.39, 0.29) is 11.9 Å². The minimum Gasteiger partial charge on any atom is -0.480 e. The minimum absolute atomic E-state index is 0.130. The Bertz CT molecular complexity index is 863. The van der Waals surface area contributed by atoms with Gasteiger partial charge in [0.25, 0.3) is 5.91 Å². The number of H-pyrrole nitrogens is 1. The van der Waals surface area contributed by atoms with Crippen molar-refractivity contribution < 1.29 is 9.53 Å². The van der Waals surface area contributed by atoms with Crippen molar-refractivity contribution in [3.8, 4) is 17.1 Å². The summed E-state index contributed by atoms with van der Waals surface area (Å²) in [4.78, 5) is 16.3. The summed E-state index contributed by atoms with van der Waals surface area (Å²) in [5, 5.41) is 10.8. The molecule has 0 fully saturated rings. The van der Waals surface area contributed by atoms with Crippen LogP contribution in [-0.4, -0.2) is 39.8 Å². The van der Waals surface area contributed by atoms with E-state index in [2.05, 4.69) is 20.5 Å². The Hall–Kier alpha value is -2.83. The molecule has 7 heteroatoms. The van der Waals surface area contributed by atoms with Gasteiger partial charge in [0.15, 0.2) is 0 Å². The maximum Gasteiger partial charge on any atom is 0.267 e. The van der Waals surface area contributed by atoms with E-state index < -0.39 is 0 Å². The molecule has 0 spiro atoms. The number of carbonyl (C=O) groups is 1. The molecule has 3 heterocycles. The smallest absolute Gasteiger partial charge is 0.267 e. The van der Waals surface area contributed by atoms with Crippen LogP contribution in [0, 0.1) is 0 Å². The van der Waals surface area contributed by atoms with Crippen LogP contribution in [0.1, 0.15) is 30.4 Å². The van der Waals surface area contributed by atoms with Gasteiger partial charge in [-0.2, -0.15) is 5.10 Å². The Morgan fingerprint density at radius 1 is 1.43 bits per heavy atom. The van der Waals surface area contributed by atoms with Crippen LogP contribution in [0.15, 0.2) is 24.5 Å². The van der Waals surface area contributed by atoms with E-state index in [1.807, 2.05) is 36.7 Å². The summed E-state index contributed by atoms with van der Waals surface area (Å²) in [5.74, 6) is 0.375. The highest BCUT2D eigenvalue weighted by atomic mass is 16.5. The van der Waals surface area contributed by atoms with E-state index in [0.717, 1.165) is 22.2 Å². The van der Waals surface area contributed by atoms with Crippen LogP contribution < -0.4 is 10.1 Å². The Kier molecular flexibility index (Phi) is 3.77. The number of pyridine rings is 1. The SMILES string of the molecule is CNC(=O)c1cc(-c2n[nH]c3ccnc(OC)c23)cn1C(C)C. The molecule has 0 aliphatic heterocycles. The summed E-state index contributed by atoms with van der Waals surface area (Å²) in [6.45, 7) is 4.06. The summed E-state index contributed by atoms with van der Waals surface area (Å²) in [6.07, 6.45) is 3.59. The van der Waals surface area contributed by atoms with Crippen molar-refractivity contribution in [3.05, 3.63) is 30.2 Å². The Labute approximate surface area is 133 Å². The zero-order chi connectivity index (χ0) is 16.6. The molecule has 0 aliphatic carbocycles. The molecule has 0 saturated heterocycles. The van der Waals surface area contributed by atoms with E-state index in [1.165, 1.54) is 0 Å². The topological polar surface area (TPSA) is 84.8 Å². The van der Waals surface area contributed by atoms with Crippen LogP contribution in [0.5, 0.6) is 5.88 Å². The standard InChI is InChI=1S/C16H19N5O2/c1-9(2)21-8-10(7-12(21)15(22)17-3)14-13-11(19-20-14)5-6-18-16(13)23-4/h5-9H,1-4H3,(H,17,22)(H,19,20). The maximum absolute atomic E-state index is 12.1. The van der Waals surface area contributed by atoms with Gasteiger partial charge in [0.05, 0.1) is 18.0 Å². The van der Waals surface area contributed by atoms with Gasteiger partial charge in [-0.05, 0) is 26.0 Å². The van der Waals surface area contributed by atoms with Crippen molar-refractivity contribution in [2.75, 3.05) is 14.2 Å².